The number of hydrogen-bond donors (Lipinski definition) is 0. The molecule has 0 N–H and O–H groups in total. The van der Waals surface area contributed by atoms with Crippen LogP contribution in [0.3, 0.4) is 0 Å². The van der Waals surface area contributed by atoms with E-state index in [2.05, 4.69) is 0 Å². The molecule has 0 spiro atoms. The molecule has 0 aromatic rings. The molecule has 6 atom stereocenters. The minimum absolute atomic E-state index is 0.0750. The Balaban J connectivity index is 1.72. The van der Waals surface area contributed by atoms with Crippen LogP contribution in [-0.4, -0.2) is 61.6 Å². The molecule has 0 aromatic carbocycles. The molecule has 12 heteroatoms. The van der Waals surface area contributed by atoms with Crippen LogP contribution in [-0.2, 0) is 9.47 Å². The predicted molar refractivity (Wildman–Crippen MR) is 126 cm³/mol. The van der Waals surface area contributed by atoms with E-state index in [9.17, 15) is 9.59 Å². The number of carbonyl (C=O) groups is 2. The van der Waals surface area contributed by atoms with Gasteiger partial charge >= 0.3 is 12.2 Å². The number of carbonyl (C=O) groups excluding carboxylic acids is 2. The van der Waals surface area contributed by atoms with Gasteiger partial charge in [-0.1, -0.05) is 73.1 Å². The van der Waals surface area contributed by atoms with Crippen LogP contribution >= 0.6 is 69.6 Å². The molecule has 3 fully saturated rings. The summed E-state index contributed by atoms with van der Waals surface area (Å²) in [6, 6.07) is -1.13. The Bertz CT molecular complexity index is 792. The fourth-order valence-corrected chi connectivity index (χ4v) is 8.73. The lowest BCUT2D eigenvalue weighted by Gasteiger charge is -2.47. The largest absolute Gasteiger partial charge is 0.448 e. The van der Waals surface area contributed by atoms with Crippen LogP contribution in [0.15, 0.2) is 10.1 Å². The van der Waals surface area contributed by atoms with Crippen LogP contribution in [0, 0.1) is 11.8 Å². The number of halogens is 6. The molecular weight excluding hydrogens is 545 g/mol. The fraction of sp³-hybridized carbons (Fsp3) is 0.800. The number of rotatable bonds is 6. The van der Waals surface area contributed by atoms with Crippen LogP contribution in [0.4, 0.5) is 9.59 Å². The third kappa shape index (κ3) is 2.99. The summed E-state index contributed by atoms with van der Waals surface area (Å²) >= 11 is 40.5. The van der Waals surface area contributed by atoms with Crippen molar-refractivity contribution in [3.8, 4) is 0 Å². The molecule has 32 heavy (non-hydrogen) atoms. The zero-order valence-electron chi connectivity index (χ0n) is 17.6. The fourth-order valence-electron chi connectivity index (χ4n) is 5.63. The van der Waals surface area contributed by atoms with Gasteiger partial charge in [0.2, 0.25) is 0 Å². The van der Waals surface area contributed by atoms with Crippen LogP contribution < -0.4 is 0 Å². The van der Waals surface area contributed by atoms with Crippen LogP contribution in [0.2, 0.25) is 0 Å². The highest BCUT2D eigenvalue weighted by atomic mass is 35.5. The number of fused-ring (bicyclic) bond motifs is 9. The van der Waals surface area contributed by atoms with E-state index in [1.54, 1.807) is 0 Å². The maximum absolute atomic E-state index is 13.1. The van der Waals surface area contributed by atoms with Crippen LogP contribution in [0.25, 0.3) is 0 Å². The van der Waals surface area contributed by atoms with Gasteiger partial charge in [0.05, 0.1) is 35.4 Å². The Kier molecular flexibility index (Phi) is 6.75. The SMILES string of the molecule is CCCCOC(=O)N1C2CC(C3C2C2(Cl)C(Cl)=C(Cl)C3(Cl)C2(Cl)Cl)N1C(=O)OCCCC. The van der Waals surface area contributed by atoms with Crippen molar-refractivity contribution in [2.45, 2.75) is 72.1 Å². The van der Waals surface area contributed by atoms with Gasteiger partial charge in [0.1, 0.15) is 9.75 Å². The average Bonchev–Trinajstić information content (AvgIpc) is 3.38. The molecule has 180 valence electrons. The van der Waals surface area contributed by atoms with Crippen LogP contribution in [0.5, 0.6) is 0 Å². The summed E-state index contributed by atoms with van der Waals surface area (Å²) in [5.41, 5.74) is 0. The van der Waals surface area contributed by atoms with Gasteiger partial charge < -0.3 is 9.47 Å². The lowest BCUT2D eigenvalue weighted by molar-refractivity contribution is -0.0735. The van der Waals surface area contributed by atoms with Gasteiger partial charge in [-0.3, -0.25) is 0 Å². The molecule has 1 saturated heterocycles. The highest BCUT2D eigenvalue weighted by molar-refractivity contribution is 6.65. The minimum atomic E-state index is -1.75. The van der Waals surface area contributed by atoms with Crippen molar-refractivity contribution < 1.29 is 19.1 Å². The molecule has 2 saturated carbocycles. The number of allylic oxidation sites excluding steroid dienone is 2. The van der Waals surface area contributed by atoms with Gasteiger partial charge in [-0.15, -0.1) is 23.2 Å². The molecule has 0 aromatic heterocycles. The Hall–Kier alpha value is 0.0200. The first-order chi connectivity index (χ1) is 15.0. The van der Waals surface area contributed by atoms with Gasteiger partial charge in [-0.05, 0) is 19.3 Å². The van der Waals surface area contributed by atoms with E-state index in [0.717, 1.165) is 12.8 Å². The molecular formula is C20H24Cl6N2O4. The maximum atomic E-state index is 13.1. The molecule has 2 amide bonds. The second-order valence-corrected chi connectivity index (χ2v) is 11.9. The molecule has 6 unspecified atom stereocenters. The van der Waals surface area contributed by atoms with E-state index in [4.69, 9.17) is 79.1 Å². The number of ether oxygens (including phenoxy) is 2. The summed E-state index contributed by atoms with van der Waals surface area (Å²) in [6.45, 7) is 4.42. The number of hydrogen-bond acceptors (Lipinski definition) is 4. The maximum Gasteiger partial charge on any atom is 0.429 e. The Morgan fingerprint density at radius 2 is 1.22 bits per heavy atom. The zero-order chi connectivity index (χ0) is 23.6. The number of amides is 2. The molecule has 3 aliphatic carbocycles. The molecule has 0 radical (unpaired) electrons. The molecule has 6 nitrogen and oxygen atoms in total. The summed E-state index contributed by atoms with van der Waals surface area (Å²) in [6.07, 6.45) is 2.18. The smallest absolute Gasteiger partial charge is 0.429 e. The lowest BCUT2D eigenvalue weighted by atomic mass is 9.80. The van der Waals surface area contributed by atoms with E-state index < -0.39 is 50.2 Å². The van der Waals surface area contributed by atoms with Gasteiger partial charge in [-0.25, -0.2) is 19.6 Å². The summed E-state index contributed by atoms with van der Waals surface area (Å²) in [4.78, 5) is 23.1. The first kappa shape index (κ1) is 25.1. The molecule has 1 aliphatic heterocycles. The Morgan fingerprint density at radius 1 is 0.844 bits per heavy atom. The number of unbranched alkanes of at least 4 members (excludes halogenated alkanes) is 2. The van der Waals surface area contributed by atoms with Gasteiger partial charge in [0.15, 0.2) is 4.33 Å². The lowest BCUT2D eigenvalue weighted by Crippen LogP contribution is -2.62. The third-order valence-electron chi connectivity index (χ3n) is 7.04. The first-order valence-corrected chi connectivity index (χ1v) is 13.0. The number of hydrazine groups is 1. The molecule has 4 aliphatic rings. The molecule has 4 bridgehead atoms. The van der Waals surface area contributed by atoms with E-state index in [1.807, 2.05) is 13.8 Å². The number of alkyl halides is 4. The third-order valence-corrected chi connectivity index (χ3v) is 11.3. The summed E-state index contributed by atoms with van der Waals surface area (Å²) < 4.78 is 9.13. The Morgan fingerprint density at radius 3 is 1.56 bits per heavy atom. The average molecular weight is 569 g/mol. The van der Waals surface area contributed by atoms with E-state index in [0.29, 0.717) is 19.3 Å². The monoisotopic (exact) mass is 566 g/mol. The zero-order valence-corrected chi connectivity index (χ0v) is 22.1. The van der Waals surface area contributed by atoms with Gasteiger partial charge in [0, 0.05) is 11.8 Å². The summed E-state index contributed by atoms with van der Waals surface area (Å²) in [5.74, 6) is -1.06. The summed E-state index contributed by atoms with van der Waals surface area (Å²) in [7, 11) is 0. The van der Waals surface area contributed by atoms with E-state index in [-0.39, 0.29) is 23.3 Å². The van der Waals surface area contributed by atoms with Gasteiger partial charge in [0.25, 0.3) is 0 Å². The highest BCUT2D eigenvalue weighted by Crippen LogP contribution is 2.80. The van der Waals surface area contributed by atoms with Crippen molar-refractivity contribution in [2.24, 2.45) is 11.8 Å². The van der Waals surface area contributed by atoms with Crippen molar-refractivity contribution in [3.63, 3.8) is 0 Å². The number of nitrogens with zero attached hydrogens (tertiary/aromatic N) is 2. The summed E-state index contributed by atoms with van der Waals surface area (Å²) in [5, 5.41) is 2.71. The second kappa shape index (κ2) is 8.60. The van der Waals surface area contributed by atoms with E-state index >= 15 is 0 Å². The molecule has 4 rings (SSSR count). The first-order valence-electron chi connectivity index (χ1n) is 10.7. The standard InChI is InChI=1S/C20H24Cl6N2O4/c1-3-5-7-31-16(29)27-10-9-11(28(27)17(30)32-8-6-4-2)13-12(10)18(23)14(21)15(22)19(13,24)20(18,25)26/h10-13H,3-9H2,1-2H3. The topological polar surface area (TPSA) is 59.1 Å². The van der Waals surface area contributed by atoms with E-state index in [1.165, 1.54) is 10.0 Å². The van der Waals surface area contributed by atoms with Crippen molar-refractivity contribution in [1.82, 2.24) is 10.0 Å². The van der Waals surface area contributed by atoms with Crippen molar-refractivity contribution >= 4 is 81.8 Å². The van der Waals surface area contributed by atoms with Crippen LogP contribution in [0.1, 0.15) is 46.0 Å². The van der Waals surface area contributed by atoms with Crippen molar-refractivity contribution in [1.29, 1.82) is 0 Å². The predicted octanol–water partition coefficient (Wildman–Crippen LogP) is 6.61. The normalized spacial score (nSPS) is 38.5. The highest BCUT2D eigenvalue weighted by Gasteiger charge is 2.88. The Labute approximate surface area is 217 Å². The van der Waals surface area contributed by atoms with Crippen molar-refractivity contribution in [2.75, 3.05) is 13.2 Å². The van der Waals surface area contributed by atoms with Gasteiger partial charge in [-0.2, -0.15) is 0 Å². The van der Waals surface area contributed by atoms with Crippen molar-refractivity contribution in [3.05, 3.63) is 10.1 Å². The molecule has 1 heterocycles. The quantitative estimate of drug-likeness (QED) is 0.205. The second-order valence-electron chi connectivity index (χ2n) is 8.67. The minimum Gasteiger partial charge on any atom is -0.448 e.